The molecule has 0 saturated carbocycles. The van der Waals surface area contributed by atoms with Gasteiger partial charge in [0.1, 0.15) is 11.6 Å². The lowest BCUT2D eigenvalue weighted by Gasteiger charge is -1.96. The van der Waals surface area contributed by atoms with Crippen LogP contribution in [0.15, 0.2) is 29.8 Å². The van der Waals surface area contributed by atoms with Crippen LogP contribution in [0.5, 0.6) is 0 Å². The lowest BCUT2D eigenvalue weighted by molar-refractivity contribution is -0.135. The van der Waals surface area contributed by atoms with Gasteiger partial charge in [-0.15, -0.1) is 0 Å². The van der Waals surface area contributed by atoms with Crippen LogP contribution in [-0.2, 0) is 9.53 Å². The Morgan fingerprint density at radius 2 is 2.21 bits per heavy atom. The maximum absolute atomic E-state index is 11.0. The molecule has 69 valence electrons. The third-order valence-electron chi connectivity index (χ3n) is 1.58. The SMILES string of the molecule is COC(=O)/C(C#N)=C/c1cc[c]cc1. The maximum Gasteiger partial charge on any atom is 0.348 e. The van der Waals surface area contributed by atoms with Crippen LogP contribution in [0.2, 0.25) is 0 Å². The Hall–Kier alpha value is -2.08. The lowest BCUT2D eigenvalue weighted by Crippen LogP contribution is -2.02. The van der Waals surface area contributed by atoms with E-state index in [0.717, 1.165) is 5.56 Å². The van der Waals surface area contributed by atoms with Crippen molar-refractivity contribution in [2.75, 3.05) is 7.11 Å². The average molecular weight is 186 g/mol. The topological polar surface area (TPSA) is 50.1 Å². The van der Waals surface area contributed by atoms with Gasteiger partial charge in [-0.3, -0.25) is 0 Å². The highest BCUT2D eigenvalue weighted by Gasteiger charge is 2.07. The minimum absolute atomic E-state index is 0.0151. The number of benzene rings is 1. The first-order chi connectivity index (χ1) is 6.77. The normalized spacial score (nSPS) is 10.4. The molecule has 1 radical (unpaired) electrons. The summed E-state index contributed by atoms with van der Waals surface area (Å²) in [6.07, 6.45) is 1.47. The summed E-state index contributed by atoms with van der Waals surface area (Å²) in [6, 6.07) is 11.5. The molecule has 1 rings (SSSR count). The van der Waals surface area contributed by atoms with Crippen molar-refractivity contribution in [1.82, 2.24) is 0 Å². The van der Waals surface area contributed by atoms with Gasteiger partial charge >= 0.3 is 5.97 Å². The Balaban J connectivity index is 2.97. The van der Waals surface area contributed by atoms with E-state index in [0.29, 0.717) is 0 Å². The fraction of sp³-hybridized carbons (Fsp3) is 0.0909. The molecule has 3 nitrogen and oxygen atoms in total. The molecule has 1 aromatic carbocycles. The fourth-order valence-corrected chi connectivity index (χ4v) is 0.909. The van der Waals surface area contributed by atoms with Gasteiger partial charge in [-0.2, -0.15) is 5.26 Å². The van der Waals surface area contributed by atoms with Crippen LogP contribution in [0.1, 0.15) is 5.56 Å². The Morgan fingerprint density at radius 3 is 2.71 bits per heavy atom. The maximum atomic E-state index is 11.0. The zero-order chi connectivity index (χ0) is 10.4. The molecule has 0 bridgehead atoms. The van der Waals surface area contributed by atoms with E-state index in [-0.39, 0.29) is 5.57 Å². The van der Waals surface area contributed by atoms with Crippen molar-refractivity contribution >= 4 is 12.0 Å². The van der Waals surface area contributed by atoms with Gasteiger partial charge in [-0.05, 0) is 17.7 Å². The molecule has 0 amide bonds. The molecule has 0 aliphatic rings. The molecule has 0 aromatic heterocycles. The first-order valence-electron chi connectivity index (χ1n) is 3.94. The molecule has 0 heterocycles. The average Bonchev–Trinajstić information content (AvgIpc) is 2.26. The second kappa shape index (κ2) is 4.83. The highest BCUT2D eigenvalue weighted by Crippen LogP contribution is 2.06. The first kappa shape index (κ1) is 10.0. The molecular weight excluding hydrogens is 178 g/mol. The molecule has 0 unspecified atom stereocenters. The number of carbonyl (C=O) groups excluding carboxylic acids is 1. The number of hydrogen-bond donors (Lipinski definition) is 0. The van der Waals surface area contributed by atoms with E-state index in [9.17, 15) is 4.79 Å². The van der Waals surface area contributed by atoms with E-state index in [1.165, 1.54) is 13.2 Å². The first-order valence-corrected chi connectivity index (χ1v) is 3.94. The third-order valence-corrected chi connectivity index (χ3v) is 1.58. The molecule has 0 atom stereocenters. The Kier molecular flexibility index (Phi) is 3.45. The summed E-state index contributed by atoms with van der Waals surface area (Å²) in [7, 11) is 1.24. The van der Waals surface area contributed by atoms with Crippen LogP contribution < -0.4 is 0 Å². The van der Waals surface area contributed by atoms with E-state index in [1.807, 2.05) is 0 Å². The fourth-order valence-electron chi connectivity index (χ4n) is 0.909. The summed E-state index contributed by atoms with van der Waals surface area (Å²) in [5.74, 6) is -0.625. The third kappa shape index (κ3) is 2.46. The van der Waals surface area contributed by atoms with Crippen molar-refractivity contribution in [3.05, 3.63) is 41.5 Å². The Morgan fingerprint density at radius 1 is 1.57 bits per heavy atom. The van der Waals surface area contributed by atoms with Gasteiger partial charge in [0, 0.05) is 0 Å². The number of methoxy groups -OCH3 is 1. The van der Waals surface area contributed by atoms with Crippen molar-refractivity contribution in [1.29, 1.82) is 5.26 Å². The van der Waals surface area contributed by atoms with E-state index >= 15 is 0 Å². The van der Waals surface area contributed by atoms with E-state index < -0.39 is 5.97 Å². The van der Waals surface area contributed by atoms with Crippen molar-refractivity contribution in [3.63, 3.8) is 0 Å². The van der Waals surface area contributed by atoms with E-state index in [1.54, 1.807) is 30.3 Å². The van der Waals surface area contributed by atoms with Crippen molar-refractivity contribution in [2.45, 2.75) is 0 Å². The Bertz CT molecular complexity index is 387. The number of rotatable bonds is 2. The van der Waals surface area contributed by atoms with E-state index in [2.05, 4.69) is 10.8 Å². The zero-order valence-corrected chi connectivity index (χ0v) is 7.65. The zero-order valence-electron chi connectivity index (χ0n) is 7.65. The quantitative estimate of drug-likeness (QED) is 0.400. The van der Waals surface area contributed by atoms with Gasteiger partial charge in [0.2, 0.25) is 0 Å². The molecular formula is C11H8NO2. The lowest BCUT2D eigenvalue weighted by atomic mass is 10.1. The summed E-state index contributed by atoms with van der Waals surface area (Å²) < 4.78 is 4.44. The van der Waals surface area contributed by atoms with Crippen LogP contribution in [0.3, 0.4) is 0 Å². The summed E-state index contributed by atoms with van der Waals surface area (Å²) in [4.78, 5) is 11.0. The van der Waals surface area contributed by atoms with Crippen LogP contribution in [0.4, 0.5) is 0 Å². The number of nitrogens with zero attached hydrogens (tertiary/aromatic N) is 1. The van der Waals surface area contributed by atoms with Gasteiger partial charge in [-0.25, -0.2) is 4.79 Å². The van der Waals surface area contributed by atoms with Gasteiger partial charge in [-0.1, -0.05) is 24.3 Å². The molecule has 0 saturated heterocycles. The standard InChI is InChI=1S/C11H8NO2/c1-14-11(13)10(8-12)7-9-5-3-2-4-6-9/h3-7H,1H3/b10-7+. The highest BCUT2D eigenvalue weighted by molar-refractivity contribution is 5.97. The summed E-state index contributed by atoms with van der Waals surface area (Å²) in [5, 5.41) is 8.66. The molecule has 0 aliphatic heterocycles. The molecule has 0 fully saturated rings. The van der Waals surface area contributed by atoms with Crippen LogP contribution in [0.25, 0.3) is 6.08 Å². The van der Waals surface area contributed by atoms with Crippen molar-refractivity contribution < 1.29 is 9.53 Å². The van der Waals surface area contributed by atoms with Crippen LogP contribution in [-0.4, -0.2) is 13.1 Å². The van der Waals surface area contributed by atoms with Crippen LogP contribution >= 0.6 is 0 Å². The minimum atomic E-state index is -0.625. The number of hydrogen-bond acceptors (Lipinski definition) is 3. The predicted molar refractivity (Wildman–Crippen MR) is 50.9 cm³/mol. The highest BCUT2D eigenvalue weighted by atomic mass is 16.5. The van der Waals surface area contributed by atoms with Crippen molar-refractivity contribution in [2.24, 2.45) is 0 Å². The second-order valence-corrected chi connectivity index (χ2v) is 2.49. The smallest absolute Gasteiger partial charge is 0.348 e. The van der Waals surface area contributed by atoms with Crippen LogP contribution in [0, 0.1) is 17.4 Å². The minimum Gasteiger partial charge on any atom is -0.465 e. The van der Waals surface area contributed by atoms with Gasteiger partial charge < -0.3 is 4.74 Å². The molecule has 14 heavy (non-hydrogen) atoms. The predicted octanol–water partition coefficient (Wildman–Crippen LogP) is 1.57. The molecule has 0 spiro atoms. The largest absolute Gasteiger partial charge is 0.465 e. The summed E-state index contributed by atoms with van der Waals surface area (Å²) >= 11 is 0. The number of carbonyl (C=O) groups is 1. The monoisotopic (exact) mass is 186 g/mol. The summed E-state index contributed by atoms with van der Waals surface area (Å²) in [5.41, 5.74) is 0.754. The number of nitriles is 1. The molecule has 0 N–H and O–H groups in total. The van der Waals surface area contributed by atoms with Gasteiger partial charge in [0.15, 0.2) is 0 Å². The van der Waals surface area contributed by atoms with Gasteiger partial charge in [0.05, 0.1) is 7.11 Å². The number of ether oxygens (including phenoxy) is 1. The van der Waals surface area contributed by atoms with E-state index in [4.69, 9.17) is 5.26 Å². The van der Waals surface area contributed by atoms with Gasteiger partial charge in [0.25, 0.3) is 0 Å². The number of esters is 1. The molecule has 3 heteroatoms. The Labute approximate surface area is 82.2 Å². The molecule has 1 aromatic rings. The molecule has 0 aliphatic carbocycles. The second-order valence-electron chi connectivity index (χ2n) is 2.49. The van der Waals surface area contributed by atoms with Crippen molar-refractivity contribution in [3.8, 4) is 6.07 Å². The summed E-state index contributed by atoms with van der Waals surface area (Å²) in [6.45, 7) is 0.